The van der Waals surface area contributed by atoms with E-state index in [1.165, 1.54) is 23.0 Å². The maximum Gasteiger partial charge on any atom is 0.282 e. The van der Waals surface area contributed by atoms with E-state index < -0.39 is 31.1 Å². The van der Waals surface area contributed by atoms with Gasteiger partial charge in [-0.15, -0.1) is 0 Å². The van der Waals surface area contributed by atoms with Crippen molar-refractivity contribution in [2.45, 2.75) is 45.7 Å². The van der Waals surface area contributed by atoms with Crippen LogP contribution in [0.25, 0.3) is 16.9 Å². The van der Waals surface area contributed by atoms with Crippen molar-refractivity contribution < 1.29 is 27.2 Å². The molecule has 0 bridgehead atoms. The number of hydrogen-bond acceptors (Lipinski definition) is 7. The third kappa shape index (κ3) is 6.16. The van der Waals surface area contributed by atoms with Crippen molar-refractivity contribution in [1.82, 2.24) is 33.9 Å². The molecule has 0 radical (unpaired) electrons. The van der Waals surface area contributed by atoms with Crippen LogP contribution in [0.5, 0.6) is 0 Å². The topological polar surface area (TPSA) is 127 Å². The largest absolute Gasteiger partial charge is 0.338 e. The maximum absolute atomic E-state index is 13.7. The molecule has 0 aliphatic carbocycles. The number of hydrogen-bond donors (Lipinski definition) is 2. The van der Waals surface area contributed by atoms with E-state index in [9.17, 15) is 27.2 Å². The quantitative estimate of drug-likeness (QED) is 0.280. The summed E-state index contributed by atoms with van der Waals surface area (Å²) in [5.41, 5.74) is 7.61. The smallest absolute Gasteiger partial charge is 0.282 e. The number of carbonyl (C=O) groups is 2. The van der Waals surface area contributed by atoms with Gasteiger partial charge in [-0.25, -0.2) is 27.5 Å². The first-order valence-corrected chi connectivity index (χ1v) is 13.8. The lowest BCUT2D eigenvalue weighted by Crippen LogP contribution is -2.53. The number of halogens is 4. The molecule has 15 heteroatoms. The molecule has 0 spiro atoms. The summed E-state index contributed by atoms with van der Waals surface area (Å²) in [4.78, 5) is 37.6. The van der Waals surface area contributed by atoms with E-state index in [1.807, 2.05) is 13.0 Å². The van der Waals surface area contributed by atoms with Gasteiger partial charge in [0.25, 0.3) is 18.8 Å². The molecule has 5 rings (SSSR count). The monoisotopic (exact) mass is 601 g/mol. The number of rotatable bonds is 9. The normalized spacial score (nSPS) is 14.6. The van der Waals surface area contributed by atoms with Crippen LogP contribution in [0.2, 0.25) is 0 Å². The van der Waals surface area contributed by atoms with E-state index in [0.717, 1.165) is 16.4 Å². The van der Waals surface area contributed by atoms with Crippen LogP contribution in [-0.4, -0.2) is 84.4 Å². The van der Waals surface area contributed by atoms with Crippen LogP contribution >= 0.6 is 0 Å². The molecule has 4 heterocycles. The molecule has 228 valence electrons. The zero-order valence-corrected chi connectivity index (χ0v) is 23.6. The Morgan fingerprint density at radius 3 is 2.44 bits per heavy atom. The van der Waals surface area contributed by atoms with Gasteiger partial charge in [0.2, 0.25) is 5.91 Å². The number of aryl methyl sites for hydroxylation is 1. The average Bonchev–Trinajstić information content (AvgIpc) is 3.61. The summed E-state index contributed by atoms with van der Waals surface area (Å²) in [6, 6.07) is 4.71. The van der Waals surface area contributed by atoms with Crippen LogP contribution in [0, 0.1) is 0 Å². The Morgan fingerprint density at radius 2 is 1.79 bits per heavy atom. The molecule has 1 saturated heterocycles. The minimum Gasteiger partial charge on any atom is -0.338 e. The second-order valence-electron chi connectivity index (χ2n) is 10.2. The van der Waals surface area contributed by atoms with Gasteiger partial charge in [0.1, 0.15) is 12.2 Å². The number of imidazole rings is 1. The van der Waals surface area contributed by atoms with Gasteiger partial charge in [-0.1, -0.05) is 6.92 Å². The highest BCUT2D eigenvalue weighted by molar-refractivity contribution is 5.96. The Bertz CT molecular complexity index is 1630. The van der Waals surface area contributed by atoms with Crippen molar-refractivity contribution >= 4 is 29.0 Å². The second kappa shape index (κ2) is 12.4. The zero-order chi connectivity index (χ0) is 30.8. The van der Waals surface area contributed by atoms with E-state index in [0.29, 0.717) is 55.3 Å². The van der Waals surface area contributed by atoms with Crippen LogP contribution < -0.4 is 11.1 Å². The van der Waals surface area contributed by atoms with E-state index in [-0.39, 0.29) is 23.1 Å². The Labute approximate surface area is 244 Å². The van der Waals surface area contributed by atoms with Gasteiger partial charge in [0, 0.05) is 61.6 Å². The summed E-state index contributed by atoms with van der Waals surface area (Å²) in [6.07, 6.45) is 0.348. The van der Waals surface area contributed by atoms with Gasteiger partial charge in [-0.3, -0.25) is 18.7 Å². The SMILES string of the molecule is CCc1cc(Nc2nccn3c(-c4cn(CC(F)F)nc4C(F)F)cnc23)ccc1C(=O)N1CCN(C(=O)[C@H](C)N)CC1. The van der Waals surface area contributed by atoms with Crippen LogP contribution in [0.4, 0.5) is 29.1 Å². The predicted octanol–water partition coefficient (Wildman–Crippen LogP) is 3.73. The van der Waals surface area contributed by atoms with Gasteiger partial charge in [-0.2, -0.15) is 5.10 Å². The van der Waals surface area contributed by atoms with Crippen molar-refractivity contribution in [3.05, 3.63) is 59.8 Å². The van der Waals surface area contributed by atoms with E-state index in [2.05, 4.69) is 20.4 Å². The number of nitrogens with one attached hydrogen (secondary N) is 1. The zero-order valence-electron chi connectivity index (χ0n) is 23.6. The molecular weight excluding hydrogens is 570 g/mol. The number of nitrogens with zero attached hydrogens (tertiary/aromatic N) is 7. The molecule has 0 unspecified atom stereocenters. The molecule has 1 aromatic carbocycles. The summed E-state index contributed by atoms with van der Waals surface area (Å²) in [7, 11) is 0. The highest BCUT2D eigenvalue weighted by Crippen LogP contribution is 2.32. The van der Waals surface area contributed by atoms with Crippen molar-refractivity contribution in [3.63, 3.8) is 0 Å². The molecule has 4 aromatic rings. The highest BCUT2D eigenvalue weighted by Gasteiger charge is 2.27. The second-order valence-corrected chi connectivity index (χ2v) is 10.2. The van der Waals surface area contributed by atoms with Crippen LogP contribution in [-0.2, 0) is 17.8 Å². The average molecular weight is 602 g/mol. The standard InChI is InChI=1S/C28H31F4N9O2/c1-3-17-12-18(4-5-19(17)28(43)39-10-8-38(9-11-39)27(42)16(2)33)36-25-26-35-13-21(41(26)7-6-34-25)20-14-40(15-22(29)30)37-23(20)24(31)32/h4-7,12-14,16,22,24H,3,8-11,15,33H2,1-2H3,(H,34,36)/t16-/m0/s1. The van der Waals surface area contributed by atoms with Crippen molar-refractivity contribution in [1.29, 1.82) is 0 Å². The Balaban J connectivity index is 1.37. The molecular formula is C28H31F4N9O2. The summed E-state index contributed by atoms with van der Waals surface area (Å²) in [6.45, 7) is 4.41. The lowest BCUT2D eigenvalue weighted by molar-refractivity contribution is -0.133. The fourth-order valence-electron chi connectivity index (χ4n) is 5.13. The molecule has 1 fully saturated rings. The predicted molar refractivity (Wildman–Crippen MR) is 150 cm³/mol. The Hall–Kier alpha value is -4.53. The molecule has 43 heavy (non-hydrogen) atoms. The van der Waals surface area contributed by atoms with E-state index in [4.69, 9.17) is 5.73 Å². The number of piperazine rings is 1. The minimum absolute atomic E-state index is 0.0147. The number of benzene rings is 1. The summed E-state index contributed by atoms with van der Waals surface area (Å²) < 4.78 is 55.5. The first kappa shape index (κ1) is 29.9. The third-order valence-corrected chi connectivity index (χ3v) is 7.27. The summed E-state index contributed by atoms with van der Waals surface area (Å²) >= 11 is 0. The van der Waals surface area contributed by atoms with Gasteiger partial charge in [-0.05, 0) is 37.1 Å². The molecule has 11 nitrogen and oxygen atoms in total. The number of alkyl halides is 4. The molecule has 3 N–H and O–H groups in total. The maximum atomic E-state index is 13.7. The molecule has 0 saturated carbocycles. The van der Waals surface area contributed by atoms with Crippen molar-refractivity contribution in [2.75, 3.05) is 31.5 Å². The summed E-state index contributed by atoms with van der Waals surface area (Å²) in [5, 5.41) is 6.84. The fourth-order valence-corrected chi connectivity index (χ4v) is 5.13. The number of amides is 2. The molecule has 3 aromatic heterocycles. The van der Waals surface area contributed by atoms with Crippen LogP contribution in [0.15, 0.2) is 43.0 Å². The summed E-state index contributed by atoms with van der Waals surface area (Å²) in [5.74, 6) is 0.0567. The number of aromatic nitrogens is 5. The molecule has 1 aliphatic rings. The third-order valence-electron chi connectivity index (χ3n) is 7.27. The number of nitrogens with two attached hydrogens (primary N) is 1. The molecule has 2 amide bonds. The van der Waals surface area contributed by atoms with E-state index >= 15 is 0 Å². The number of anilines is 2. The Kier molecular flexibility index (Phi) is 8.62. The van der Waals surface area contributed by atoms with Gasteiger partial charge >= 0.3 is 0 Å². The number of carbonyl (C=O) groups excluding carboxylic acids is 2. The minimum atomic E-state index is -2.98. The van der Waals surface area contributed by atoms with Crippen molar-refractivity contribution in [2.24, 2.45) is 5.73 Å². The first-order valence-electron chi connectivity index (χ1n) is 13.8. The Morgan fingerprint density at radius 1 is 1.07 bits per heavy atom. The van der Waals surface area contributed by atoms with Gasteiger partial charge in [0.05, 0.1) is 17.9 Å². The van der Waals surface area contributed by atoms with Gasteiger partial charge < -0.3 is 20.9 Å². The van der Waals surface area contributed by atoms with Gasteiger partial charge in [0.15, 0.2) is 11.5 Å². The molecule has 1 atom stereocenters. The lowest BCUT2D eigenvalue weighted by Gasteiger charge is -2.35. The van der Waals surface area contributed by atoms with E-state index in [1.54, 1.807) is 28.9 Å². The van der Waals surface area contributed by atoms with Crippen LogP contribution in [0.1, 0.15) is 41.9 Å². The fraction of sp³-hybridized carbons (Fsp3) is 0.393. The first-order chi connectivity index (χ1) is 20.6. The number of fused-ring (bicyclic) bond motifs is 1. The highest BCUT2D eigenvalue weighted by atomic mass is 19.3. The van der Waals surface area contributed by atoms with Crippen LogP contribution in [0.3, 0.4) is 0 Å². The molecule has 1 aliphatic heterocycles. The lowest BCUT2D eigenvalue weighted by atomic mass is 10.0. The van der Waals surface area contributed by atoms with Crippen molar-refractivity contribution in [3.8, 4) is 11.3 Å².